The van der Waals surface area contributed by atoms with Gasteiger partial charge in [-0.05, 0) is 23.5 Å². The molecule has 1 aliphatic rings. The second-order valence-corrected chi connectivity index (χ2v) is 5.56. The SMILES string of the molecule is COC(=O)c1cc(C2(CN)CC2(C)C)cn1C. The van der Waals surface area contributed by atoms with E-state index in [0.29, 0.717) is 12.2 Å². The number of esters is 1. The van der Waals surface area contributed by atoms with E-state index in [1.165, 1.54) is 7.11 Å². The van der Waals surface area contributed by atoms with Gasteiger partial charge in [0.1, 0.15) is 5.69 Å². The van der Waals surface area contributed by atoms with Crippen molar-refractivity contribution in [3.05, 3.63) is 23.5 Å². The predicted molar refractivity (Wildman–Crippen MR) is 65.9 cm³/mol. The highest BCUT2D eigenvalue weighted by Gasteiger charge is 2.61. The van der Waals surface area contributed by atoms with Crippen LogP contribution in [-0.2, 0) is 17.2 Å². The van der Waals surface area contributed by atoms with Crippen molar-refractivity contribution >= 4 is 5.97 Å². The Bertz CT molecular complexity index is 462. The number of hydrogen-bond donors (Lipinski definition) is 1. The molecule has 2 rings (SSSR count). The van der Waals surface area contributed by atoms with E-state index in [9.17, 15) is 4.79 Å². The lowest BCUT2D eigenvalue weighted by molar-refractivity contribution is 0.0590. The summed E-state index contributed by atoms with van der Waals surface area (Å²) in [5, 5.41) is 0. The van der Waals surface area contributed by atoms with Gasteiger partial charge >= 0.3 is 5.97 Å². The molecule has 4 heteroatoms. The molecule has 0 aliphatic heterocycles. The first-order chi connectivity index (χ1) is 7.88. The molecular weight excluding hydrogens is 216 g/mol. The molecule has 4 nitrogen and oxygen atoms in total. The van der Waals surface area contributed by atoms with Gasteiger partial charge in [0.05, 0.1) is 7.11 Å². The van der Waals surface area contributed by atoms with Gasteiger partial charge in [0.15, 0.2) is 0 Å². The van der Waals surface area contributed by atoms with Crippen LogP contribution in [0, 0.1) is 5.41 Å². The first-order valence-electron chi connectivity index (χ1n) is 5.83. The van der Waals surface area contributed by atoms with Gasteiger partial charge in [-0.15, -0.1) is 0 Å². The molecule has 0 spiro atoms. The molecule has 1 saturated carbocycles. The third-order valence-corrected chi connectivity index (χ3v) is 4.21. The topological polar surface area (TPSA) is 57.2 Å². The molecule has 1 unspecified atom stereocenters. The minimum Gasteiger partial charge on any atom is -0.464 e. The van der Waals surface area contributed by atoms with Crippen molar-refractivity contribution < 1.29 is 9.53 Å². The Hall–Kier alpha value is -1.29. The predicted octanol–water partition coefficient (Wildman–Crippen LogP) is 1.44. The standard InChI is InChI=1S/C13H20N2O2/c1-12(2)7-13(12,8-14)9-5-10(11(16)17-4)15(3)6-9/h5-6H,7-8,14H2,1-4H3. The number of rotatable bonds is 3. The van der Waals surface area contributed by atoms with Crippen LogP contribution < -0.4 is 5.73 Å². The monoisotopic (exact) mass is 236 g/mol. The lowest BCUT2D eigenvalue weighted by Gasteiger charge is -2.16. The van der Waals surface area contributed by atoms with Gasteiger partial charge in [-0.25, -0.2) is 4.79 Å². The number of aryl methyl sites for hydroxylation is 1. The maximum Gasteiger partial charge on any atom is 0.354 e. The summed E-state index contributed by atoms with van der Waals surface area (Å²) in [4.78, 5) is 11.6. The second-order valence-electron chi connectivity index (χ2n) is 5.56. The van der Waals surface area contributed by atoms with Crippen LogP contribution in [0.2, 0.25) is 0 Å². The normalized spacial score (nSPS) is 25.7. The molecule has 1 atom stereocenters. The number of carbonyl (C=O) groups is 1. The number of aromatic nitrogens is 1. The van der Waals surface area contributed by atoms with Crippen LogP contribution in [0.4, 0.5) is 0 Å². The zero-order valence-corrected chi connectivity index (χ0v) is 10.9. The average molecular weight is 236 g/mol. The third-order valence-electron chi connectivity index (χ3n) is 4.21. The molecule has 17 heavy (non-hydrogen) atoms. The Morgan fingerprint density at radius 1 is 1.59 bits per heavy atom. The van der Waals surface area contributed by atoms with Crippen molar-refractivity contribution in [2.24, 2.45) is 18.2 Å². The summed E-state index contributed by atoms with van der Waals surface area (Å²) in [6, 6.07) is 1.91. The molecule has 1 fully saturated rings. The van der Waals surface area contributed by atoms with E-state index in [-0.39, 0.29) is 16.8 Å². The molecule has 2 N–H and O–H groups in total. The Balaban J connectivity index is 2.39. The molecule has 0 bridgehead atoms. The van der Waals surface area contributed by atoms with Crippen molar-refractivity contribution in [3.63, 3.8) is 0 Å². The number of carbonyl (C=O) groups excluding carboxylic acids is 1. The first kappa shape index (κ1) is 12.2. The number of nitrogens with two attached hydrogens (primary N) is 1. The maximum atomic E-state index is 11.6. The van der Waals surface area contributed by atoms with Crippen molar-refractivity contribution in [2.75, 3.05) is 13.7 Å². The summed E-state index contributed by atoms with van der Waals surface area (Å²) in [6.45, 7) is 5.04. The van der Waals surface area contributed by atoms with E-state index < -0.39 is 0 Å². The van der Waals surface area contributed by atoms with E-state index in [0.717, 1.165) is 12.0 Å². The Kier molecular flexibility index (Phi) is 2.58. The molecule has 1 aliphatic carbocycles. The van der Waals surface area contributed by atoms with E-state index >= 15 is 0 Å². The Morgan fingerprint density at radius 3 is 2.59 bits per heavy atom. The van der Waals surface area contributed by atoms with Gasteiger partial charge in [-0.1, -0.05) is 13.8 Å². The van der Waals surface area contributed by atoms with Gasteiger partial charge in [-0.2, -0.15) is 0 Å². The van der Waals surface area contributed by atoms with Gasteiger partial charge in [0, 0.05) is 25.2 Å². The minimum absolute atomic E-state index is 0.0248. The fourth-order valence-corrected chi connectivity index (χ4v) is 2.80. The van der Waals surface area contributed by atoms with Crippen LogP contribution in [0.1, 0.15) is 36.3 Å². The summed E-state index contributed by atoms with van der Waals surface area (Å²) >= 11 is 0. The molecular formula is C13H20N2O2. The van der Waals surface area contributed by atoms with E-state index in [2.05, 4.69) is 13.8 Å². The highest BCUT2D eigenvalue weighted by atomic mass is 16.5. The fraction of sp³-hybridized carbons (Fsp3) is 0.615. The van der Waals surface area contributed by atoms with Crippen molar-refractivity contribution in [1.82, 2.24) is 4.57 Å². The molecule has 0 radical (unpaired) electrons. The Morgan fingerprint density at radius 2 is 2.18 bits per heavy atom. The zero-order valence-electron chi connectivity index (χ0n) is 10.9. The van der Waals surface area contributed by atoms with Crippen LogP contribution >= 0.6 is 0 Å². The van der Waals surface area contributed by atoms with Crippen LogP contribution in [0.3, 0.4) is 0 Å². The third kappa shape index (κ3) is 1.59. The largest absolute Gasteiger partial charge is 0.464 e. The highest BCUT2D eigenvalue weighted by Crippen LogP contribution is 2.63. The summed E-state index contributed by atoms with van der Waals surface area (Å²) in [6.07, 6.45) is 3.06. The summed E-state index contributed by atoms with van der Waals surface area (Å²) < 4.78 is 6.57. The van der Waals surface area contributed by atoms with E-state index in [1.807, 2.05) is 23.9 Å². The average Bonchev–Trinajstić information content (AvgIpc) is 2.65. The lowest BCUT2D eigenvalue weighted by Crippen LogP contribution is -2.24. The van der Waals surface area contributed by atoms with Crippen LogP contribution in [0.25, 0.3) is 0 Å². The van der Waals surface area contributed by atoms with Crippen molar-refractivity contribution in [1.29, 1.82) is 0 Å². The first-order valence-corrected chi connectivity index (χ1v) is 5.83. The van der Waals surface area contributed by atoms with Crippen LogP contribution in [0.5, 0.6) is 0 Å². The Labute approximate surface area is 102 Å². The van der Waals surface area contributed by atoms with Crippen LogP contribution in [0.15, 0.2) is 12.3 Å². The molecule has 0 amide bonds. The minimum atomic E-state index is -0.302. The van der Waals surface area contributed by atoms with Crippen molar-refractivity contribution in [2.45, 2.75) is 25.7 Å². The fourth-order valence-electron chi connectivity index (χ4n) is 2.80. The smallest absolute Gasteiger partial charge is 0.354 e. The number of ether oxygens (including phenoxy) is 1. The van der Waals surface area contributed by atoms with Crippen LogP contribution in [-0.4, -0.2) is 24.2 Å². The van der Waals surface area contributed by atoms with E-state index in [1.54, 1.807) is 0 Å². The van der Waals surface area contributed by atoms with Gasteiger partial charge in [-0.3, -0.25) is 0 Å². The summed E-state index contributed by atoms with van der Waals surface area (Å²) in [7, 11) is 3.25. The number of nitrogens with zero attached hydrogens (tertiary/aromatic N) is 1. The number of methoxy groups -OCH3 is 1. The van der Waals surface area contributed by atoms with Gasteiger partial charge in [0.25, 0.3) is 0 Å². The molecule has 0 saturated heterocycles. The quantitative estimate of drug-likeness (QED) is 0.808. The van der Waals surface area contributed by atoms with Gasteiger partial charge < -0.3 is 15.0 Å². The molecule has 1 aromatic heterocycles. The van der Waals surface area contributed by atoms with Gasteiger partial charge in [0.2, 0.25) is 0 Å². The summed E-state index contributed by atoms with van der Waals surface area (Å²) in [5.41, 5.74) is 7.89. The summed E-state index contributed by atoms with van der Waals surface area (Å²) in [5.74, 6) is -0.302. The zero-order chi connectivity index (χ0) is 12.8. The molecule has 0 aromatic carbocycles. The maximum absolute atomic E-state index is 11.6. The lowest BCUT2D eigenvalue weighted by atomic mass is 9.90. The second kappa shape index (κ2) is 3.60. The molecule has 94 valence electrons. The molecule has 1 heterocycles. The number of hydrogen-bond acceptors (Lipinski definition) is 3. The van der Waals surface area contributed by atoms with Crippen molar-refractivity contribution in [3.8, 4) is 0 Å². The molecule has 1 aromatic rings. The van der Waals surface area contributed by atoms with E-state index in [4.69, 9.17) is 10.5 Å². The highest BCUT2D eigenvalue weighted by molar-refractivity contribution is 5.88.